The van der Waals surface area contributed by atoms with Crippen molar-refractivity contribution in [3.63, 3.8) is 0 Å². The minimum atomic E-state index is -1.11. The summed E-state index contributed by atoms with van der Waals surface area (Å²) in [6, 6.07) is 13.1. The molecule has 2 atom stereocenters. The van der Waals surface area contributed by atoms with E-state index in [0.29, 0.717) is 22.3 Å². The van der Waals surface area contributed by atoms with E-state index >= 15 is 0 Å². The highest BCUT2D eigenvalue weighted by Crippen LogP contribution is 2.45. The summed E-state index contributed by atoms with van der Waals surface area (Å²) in [6.45, 7) is 1.70. The maximum atomic E-state index is 13.2. The van der Waals surface area contributed by atoms with Crippen LogP contribution in [0.3, 0.4) is 0 Å². The van der Waals surface area contributed by atoms with Crippen LogP contribution >= 0.6 is 0 Å². The molecule has 0 aliphatic carbocycles. The predicted octanol–water partition coefficient (Wildman–Crippen LogP) is 3.34. The fourth-order valence-electron chi connectivity index (χ4n) is 3.93. The molecule has 0 saturated heterocycles. The van der Waals surface area contributed by atoms with Gasteiger partial charge in [-0.3, -0.25) is 4.79 Å². The predicted molar refractivity (Wildman–Crippen MR) is 113 cm³/mol. The lowest BCUT2D eigenvalue weighted by Gasteiger charge is -2.18. The number of benzene rings is 2. The number of carbonyl (C=O) groups excluding carboxylic acids is 1. The van der Waals surface area contributed by atoms with Gasteiger partial charge in [0.2, 0.25) is 0 Å². The summed E-state index contributed by atoms with van der Waals surface area (Å²) < 4.78 is 21.8. The SMILES string of the molecule is COc1cc([C@H]2c3c(c4ccccc4oc3=O)O[C@@H]2C(=O)Nc2cc(C)on2)ccc1O. The third-order valence-corrected chi connectivity index (χ3v) is 5.36. The average Bonchev–Trinajstić information content (AvgIpc) is 3.38. The van der Waals surface area contributed by atoms with E-state index in [0.717, 1.165) is 0 Å². The molecule has 9 nitrogen and oxygen atoms in total. The maximum Gasteiger partial charge on any atom is 0.344 e. The fourth-order valence-corrected chi connectivity index (χ4v) is 3.93. The first-order valence-corrected chi connectivity index (χ1v) is 9.79. The number of aromatic nitrogens is 1. The quantitative estimate of drug-likeness (QED) is 0.469. The molecule has 0 fully saturated rings. The minimum Gasteiger partial charge on any atom is -0.504 e. The van der Waals surface area contributed by atoms with E-state index in [1.165, 1.54) is 13.2 Å². The molecule has 1 aliphatic rings. The van der Waals surface area contributed by atoms with Crippen molar-refractivity contribution in [1.29, 1.82) is 0 Å². The Morgan fingerprint density at radius 3 is 2.75 bits per heavy atom. The number of hydrogen-bond acceptors (Lipinski definition) is 8. The van der Waals surface area contributed by atoms with Crippen molar-refractivity contribution < 1.29 is 28.3 Å². The molecule has 3 heterocycles. The van der Waals surface area contributed by atoms with Crippen molar-refractivity contribution in [3.8, 4) is 17.2 Å². The summed E-state index contributed by atoms with van der Waals surface area (Å²) in [5.74, 6) is -0.158. The first-order chi connectivity index (χ1) is 15.5. The zero-order chi connectivity index (χ0) is 22.4. The van der Waals surface area contributed by atoms with Crippen LogP contribution in [0.5, 0.6) is 17.2 Å². The van der Waals surface area contributed by atoms with Crippen molar-refractivity contribution in [1.82, 2.24) is 5.16 Å². The Balaban J connectivity index is 1.66. The molecule has 0 spiro atoms. The second-order valence-corrected chi connectivity index (χ2v) is 7.39. The highest BCUT2D eigenvalue weighted by Gasteiger charge is 2.44. The molecular weight excluding hydrogens is 416 g/mol. The fraction of sp³-hybridized carbons (Fsp3) is 0.174. The Morgan fingerprint density at radius 2 is 2.00 bits per heavy atom. The number of para-hydroxylation sites is 1. The summed E-state index contributed by atoms with van der Waals surface area (Å²) in [4.78, 5) is 26.2. The Kier molecular flexibility index (Phi) is 4.58. The molecule has 0 unspecified atom stereocenters. The van der Waals surface area contributed by atoms with Crippen LogP contribution in [0.4, 0.5) is 5.82 Å². The molecule has 1 amide bonds. The van der Waals surface area contributed by atoms with Crippen LogP contribution < -0.4 is 20.4 Å². The zero-order valence-corrected chi connectivity index (χ0v) is 17.1. The number of amides is 1. The minimum absolute atomic E-state index is 0.0694. The van der Waals surface area contributed by atoms with Gasteiger partial charge in [0.15, 0.2) is 23.4 Å². The van der Waals surface area contributed by atoms with Crippen molar-refractivity contribution in [2.75, 3.05) is 12.4 Å². The third kappa shape index (κ3) is 3.15. The van der Waals surface area contributed by atoms with Crippen LogP contribution in [-0.2, 0) is 4.79 Å². The number of nitrogens with one attached hydrogen (secondary N) is 1. The van der Waals surface area contributed by atoms with Gasteiger partial charge in [0.25, 0.3) is 5.91 Å². The number of nitrogens with zero attached hydrogens (tertiary/aromatic N) is 1. The highest BCUT2D eigenvalue weighted by atomic mass is 16.5. The number of methoxy groups -OCH3 is 1. The van der Waals surface area contributed by atoms with Crippen molar-refractivity contribution in [2.45, 2.75) is 18.9 Å². The number of anilines is 1. The van der Waals surface area contributed by atoms with E-state index in [1.807, 2.05) is 0 Å². The van der Waals surface area contributed by atoms with Crippen molar-refractivity contribution in [2.24, 2.45) is 0 Å². The second-order valence-electron chi connectivity index (χ2n) is 7.39. The Labute approximate surface area is 181 Å². The molecule has 1 aliphatic heterocycles. The number of phenols is 1. The lowest BCUT2D eigenvalue weighted by Crippen LogP contribution is -2.35. The lowest BCUT2D eigenvalue weighted by atomic mass is 9.88. The van der Waals surface area contributed by atoms with Crippen LogP contribution in [0.2, 0.25) is 0 Å². The van der Waals surface area contributed by atoms with E-state index in [1.54, 1.807) is 49.4 Å². The topological polar surface area (TPSA) is 124 Å². The number of hydrogen-bond donors (Lipinski definition) is 2. The summed E-state index contributed by atoms with van der Waals surface area (Å²) in [5, 5.41) is 17.0. The Bertz CT molecular complexity index is 1410. The standard InChI is InChI=1S/C23H18N2O7/c1-11-9-17(25-32-11)24-22(27)21-18(12-7-8-14(26)16(10-12)29-2)19-20(31-21)13-5-3-4-6-15(13)30-23(19)28/h3-10,18,21,26H,1-2H3,(H,24,25,27)/t18-,21-/m0/s1. The molecule has 32 heavy (non-hydrogen) atoms. The van der Waals surface area contributed by atoms with Gasteiger partial charge >= 0.3 is 5.63 Å². The van der Waals surface area contributed by atoms with Crippen LogP contribution in [0, 0.1) is 6.92 Å². The maximum absolute atomic E-state index is 13.2. The van der Waals surface area contributed by atoms with Crippen molar-refractivity contribution >= 4 is 22.7 Å². The number of fused-ring (bicyclic) bond motifs is 3. The number of rotatable bonds is 4. The van der Waals surface area contributed by atoms with E-state index in [9.17, 15) is 14.7 Å². The molecule has 0 radical (unpaired) electrons. The summed E-state index contributed by atoms with van der Waals surface area (Å²) in [7, 11) is 1.41. The van der Waals surface area contributed by atoms with E-state index in [4.69, 9.17) is 18.4 Å². The molecule has 4 aromatic rings. The highest BCUT2D eigenvalue weighted by molar-refractivity contribution is 5.97. The first-order valence-electron chi connectivity index (χ1n) is 9.79. The number of carbonyl (C=O) groups is 1. The van der Waals surface area contributed by atoms with Gasteiger partial charge in [-0.2, -0.15) is 0 Å². The molecule has 162 valence electrons. The molecule has 0 bridgehead atoms. The van der Waals surface area contributed by atoms with E-state index < -0.39 is 23.6 Å². The zero-order valence-electron chi connectivity index (χ0n) is 17.1. The average molecular weight is 434 g/mol. The van der Waals surface area contributed by atoms with Crippen LogP contribution in [-0.4, -0.2) is 29.4 Å². The number of aromatic hydroxyl groups is 1. The Morgan fingerprint density at radius 1 is 1.19 bits per heavy atom. The number of aryl methyl sites for hydroxylation is 1. The van der Waals surface area contributed by atoms with Gasteiger partial charge in [0, 0.05) is 6.07 Å². The normalized spacial score (nSPS) is 17.1. The number of phenolic OH excluding ortho intramolecular Hbond substituents is 1. The van der Waals surface area contributed by atoms with Crippen LogP contribution in [0.15, 0.2) is 62.3 Å². The van der Waals surface area contributed by atoms with Gasteiger partial charge in [-0.1, -0.05) is 23.4 Å². The molecule has 0 saturated carbocycles. The molecule has 2 N–H and O–H groups in total. The van der Waals surface area contributed by atoms with Gasteiger partial charge in [-0.05, 0) is 36.8 Å². The second kappa shape index (κ2) is 7.45. The van der Waals surface area contributed by atoms with Gasteiger partial charge in [0.05, 0.1) is 24.0 Å². The van der Waals surface area contributed by atoms with Gasteiger partial charge < -0.3 is 28.8 Å². The van der Waals surface area contributed by atoms with Crippen LogP contribution in [0.1, 0.15) is 22.8 Å². The summed E-state index contributed by atoms with van der Waals surface area (Å²) in [6.07, 6.45) is -1.11. The molecule has 2 aromatic carbocycles. The van der Waals surface area contributed by atoms with Gasteiger partial charge in [-0.25, -0.2) is 4.79 Å². The van der Waals surface area contributed by atoms with Gasteiger partial charge in [0.1, 0.15) is 17.1 Å². The largest absolute Gasteiger partial charge is 0.504 e. The molecule has 9 heteroatoms. The molecule has 2 aromatic heterocycles. The van der Waals surface area contributed by atoms with E-state index in [-0.39, 0.29) is 28.6 Å². The smallest absolute Gasteiger partial charge is 0.344 e. The Hall–Kier alpha value is -4.27. The third-order valence-electron chi connectivity index (χ3n) is 5.36. The first kappa shape index (κ1) is 19.7. The monoisotopic (exact) mass is 434 g/mol. The number of ether oxygens (including phenoxy) is 2. The summed E-state index contributed by atoms with van der Waals surface area (Å²) >= 11 is 0. The lowest BCUT2D eigenvalue weighted by molar-refractivity contribution is -0.122. The van der Waals surface area contributed by atoms with Crippen molar-refractivity contribution in [3.05, 3.63) is 75.8 Å². The van der Waals surface area contributed by atoms with E-state index in [2.05, 4.69) is 10.5 Å². The summed E-state index contributed by atoms with van der Waals surface area (Å²) in [5.41, 5.74) is 0.500. The molecular formula is C23H18N2O7. The van der Waals surface area contributed by atoms with Crippen LogP contribution in [0.25, 0.3) is 11.0 Å². The van der Waals surface area contributed by atoms with Gasteiger partial charge in [-0.15, -0.1) is 0 Å². The molecule has 5 rings (SSSR count).